The molecule has 14 heavy (non-hydrogen) atoms. The lowest BCUT2D eigenvalue weighted by molar-refractivity contribution is 0.169. The van der Waals surface area contributed by atoms with Crippen LogP contribution < -0.4 is 0 Å². The lowest BCUT2D eigenvalue weighted by Crippen LogP contribution is -2.40. The molecule has 1 unspecified atom stereocenters. The van der Waals surface area contributed by atoms with Crippen molar-refractivity contribution in [3.63, 3.8) is 0 Å². The van der Waals surface area contributed by atoms with Crippen LogP contribution in [0.1, 0.15) is 40.5 Å². The smallest absolute Gasteiger partial charge is 0.0551 e. The minimum absolute atomic E-state index is 0.312. The van der Waals surface area contributed by atoms with Crippen LogP contribution in [0.4, 0.5) is 0 Å². The van der Waals surface area contributed by atoms with E-state index in [1.165, 1.54) is 17.7 Å². The fraction of sp³-hybridized carbons (Fsp3) is 0.692. The molecule has 1 saturated heterocycles. The van der Waals surface area contributed by atoms with E-state index >= 15 is 0 Å². The summed E-state index contributed by atoms with van der Waals surface area (Å²) in [5, 5.41) is 0. The summed E-state index contributed by atoms with van der Waals surface area (Å²) in [6, 6.07) is 0.491. The average molecular weight is 193 g/mol. The molecule has 1 atom stereocenters. The van der Waals surface area contributed by atoms with Gasteiger partial charge in [0, 0.05) is 18.7 Å². The number of hydrogen-bond donors (Lipinski definition) is 0. The minimum Gasteiger partial charge on any atom is -0.368 e. The highest BCUT2D eigenvalue weighted by Gasteiger charge is 2.39. The quantitative estimate of drug-likeness (QED) is 0.619. The Labute approximate surface area is 88.5 Å². The van der Waals surface area contributed by atoms with Crippen molar-refractivity contribution in [2.45, 2.75) is 46.6 Å². The van der Waals surface area contributed by atoms with Crippen molar-refractivity contribution in [3.8, 4) is 0 Å². The van der Waals surface area contributed by atoms with E-state index in [0.29, 0.717) is 11.5 Å². The van der Waals surface area contributed by atoms with Crippen molar-refractivity contribution in [3.05, 3.63) is 24.4 Å². The van der Waals surface area contributed by atoms with Crippen LogP contribution in [0, 0.1) is 5.41 Å². The fourth-order valence-electron chi connectivity index (χ4n) is 2.44. The Kier molecular flexibility index (Phi) is 3.08. The van der Waals surface area contributed by atoms with Crippen molar-refractivity contribution in [2.24, 2.45) is 5.41 Å². The molecule has 0 amide bonds. The molecule has 1 aliphatic heterocycles. The van der Waals surface area contributed by atoms with E-state index in [1.54, 1.807) is 0 Å². The molecule has 1 heteroatoms. The van der Waals surface area contributed by atoms with Gasteiger partial charge in [-0.05, 0) is 24.3 Å². The average Bonchev–Trinajstić information content (AvgIpc) is 2.40. The second kappa shape index (κ2) is 3.80. The molecular weight excluding hydrogens is 170 g/mol. The molecule has 1 rings (SSSR count). The summed E-state index contributed by atoms with van der Waals surface area (Å²) < 4.78 is 0. The third-order valence-corrected chi connectivity index (χ3v) is 3.53. The molecule has 0 spiro atoms. The van der Waals surface area contributed by atoms with Crippen molar-refractivity contribution in [1.82, 2.24) is 4.90 Å². The molecule has 0 aliphatic carbocycles. The van der Waals surface area contributed by atoms with E-state index in [1.807, 2.05) is 0 Å². The maximum absolute atomic E-state index is 4.20. The summed E-state index contributed by atoms with van der Waals surface area (Å²) in [4.78, 5) is 2.41. The number of allylic oxidation sites excluding steroid dienone is 1. The van der Waals surface area contributed by atoms with Crippen LogP contribution in [-0.4, -0.2) is 17.5 Å². The summed E-state index contributed by atoms with van der Waals surface area (Å²) >= 11 is 0. The number of rotatable bonds is 3. The molecule has 0 saturated carbocycles. The maximum atomic E-state index is 4.20. The Hall–Kier alpha value is -0.720. The van der Waals surface area contributed by atoms with Crippen LogP contribution in [0.3, 0.4) is 0 Å². The van der Waals surface area contributed by atoms with Gasteiger partial charge in [0.2, 0.25) is 0 Å². The van der Waals surface area contributed by atoms with E-state index < -0.39 is 0 Å². The van der Waals surface area contributed by atoms with Crippen LogP contribution in [0.25, 0.3) is 0 Å². The number of nitrogens with zero attached hydrogens (tertiary/aromatic N) is 1. The molecule has 0 bridgehead atoms. The van der Waals surface area contributed by atoms with E-state index in [9.17, 15) is 0 Å². The fourth-order valence-corrected chi connectivity index (χ4v) is 2.44. The van der Waals surface area contributed by atoms with Gasteiger partial charge in [0.25, 0.3) is 0 Å². The van der Waals surface area contributed by atoms with Gasteiger partial charge in [0.15, 0.2) is 0 Å². The summed E-state index contributed by atoms with van der Waals surface area (Å²) in [5.74, 6) is 0. The first-order chi connectivity index (χ1) is 6.44. The first-order valence-corrected chi connectivity index (χ1v) is 5.56. The van der Waals surface area contributed by atoms with Gasteiger partial charge in [-0.2, -0.15) is 0 Å². The standard InChI is InChI=1S/C13H23N/c1-7-13(5,6)12-10(3)9-11(4)14(12)8-2/h12H,3-4,7-9H2,1-2,5-6H3. The van der Waals surface area contributed by atoms with Gasteiger partial charge < -0.3 is 4.90 Å². The molecule has 0 radical (unpaired) electrons. The third-order valence-electron chi connectivity index (χ3n) is 3.53. The molecule has 0 N–H and O–H groups in total. The van der Waals surface area contributed by atoms with Gasteiger partial charge >= 0.3 is 0 Å². The lowest BCUT2D eigenvalue weighted by Gasteiger charge is -2.38. The topological polar surface area (TPSA) is 3.24 Å². The number of likely N-dealkylation sites (N-methyl/N-ethyl adjacent to an activating group) is 1. The summed E-state index contributed by atoms with van der Waals surface area (Å²) in [7, 11) is 0. The lowest BCUT2D eigenvalue weighted by atomic mass is 9.79. The normalized spacial score (nSPS) is 23.4. The van der Waals surface area contributed by atoms with Crippen molar-refractivity contribution in [1.29, 1.82) is 0 Å². The van der Waals surface area contributed by atoms with E-state index in [-0.39, 0.29) is 0 Å². The molecule has 1 heterocycles. The summed E-state index contributed by atoms with van der Waals surface area (Å²) in [6.07, 6.45) is 2.17. The predicted octanol–water partition coefficient (Wildman–Crippen LogP) is 3.59. The zero-order chi connectivity index (χ0) is 10.9. The third kappa shape index (κ3) is 1.73. The maximum Gasteiger partial charge on any atom is 0.0551 e. The number of likely N-dealkylation sites (tertiary alicyclic amines) is 1. The van der Waals surface area contributed by atoms with Gasteiger partial charge in [-0.25, -0.2) is 0 Å². The van der Waals surface area contributed by atoms with E-state index in [2.05, 4.69) is 45.8 Å². The Morgan fingerprint density at radius 3 is 2.36 bits per heavy atom. The molecule has 0 aromatic carbocycles. The zero-order valence-corrected chi connectivity index (χ0v) is 10.1. The van der Waals surface area contributed by atoms with Crippen molar-refractivity contribution in [2.75, 3.05) is 6.54 Å². The van der Waals surface area contributed by atoms with Gasteiger partial charge in [-0.1, -0.05) is 33.9 Å². The van der Waals surface area contributed by atoms with E-state index in [4.69, 9.17) is 0 Å². The molecule has 80 valence electrons. The second-order valence-corrected chi connectivity index (χ2v) is 4.93. The Bertz CT molecular complexity index is 250. The van der Waals surface area contributed by atoms with Gasteiger partial charge in [-0.3, -0.25) is 0 Å². The van der Waals surface area contributed by atoms with Crippen molar-refractivity contribution < 1.29 is 0 Å². The highest BCUT2D eigenvalue weighted by atomic mass is 15.2. The van der Waals surface area contributed by atoms with Crippen LogP contribution in [0.15, 0.2) is 24.4 Å². The highest BCUT2D eigenvalue weighted by Crippen LogP contribution is 2.41. The van der Waals surface area contributed by atoms with Gasteiger partial charge in [0.05, 0.1) is 6.04 Å². The molecular formula is C13H23N. The van der Waals surface area contributed by atoms with Crippen LogP contribution in [-0.2, 0) is 0 Å². The number of hydrogen-bond acceptors (Lipinski definition) is 1. The first kappa shape index (κ1) is 11.4. The SMILES string of the molecule is C=C1CC(=C)N(CC)C1C(C)(C)CC. The highest BCUT2D eigenvalue weighted by molar-refractivity contribution is 5.27. The Morgan fingerprint density at radius 2 is 1.93 bits per heavy atom. The van der Waals surface area contributed by atoms with Crippen LogP contribution in [0.5, 0.6) is 0 Å². The second-order valence-electron chi connectivity index (χ2n) is 4.93. The zero-order valence-electron chi connectivity index (χ0n) is 10.1. The Morgan fingerprint density at radius 1 is 1.36 bits per heavy atom. The van der Waals surface area contributed by atoms with E-state index in [0.717, 1.165) is 13.0 Å². The Balaban J connectivity index is 2.96. The molecule has 0 aromatic rings. The van der Waals surface area contributed by atoms with Crippen LogP contribution in [0.2, 0.25) is 0 Å². The minimum atomic E-state index is 0.312. The summed E-state index contributed by atoms with van der Waals surface area (Å²) in [6.45, 7) is 18.5. The molecule has 1 nitrogen and oxygen atoms in total. The monoisotopic (exact) mass is 193 g/mol. The summed E-state index contributed by atoms with van der Waals surface area (Å²) in [5.41, 5.74) is 2.89. The molecule has 0 aromatic heterocycles. The first-order valence-electron chi connectivity index (χ1n) is 5.56. The van der Waals surface area contributed by atoms with Gasteiger partial charge in [-0.15, -0.1) is 0 Å². The van der Waals surface area contributed by atoms with Crippen LogP contribution >= 0.6 is 0 Å². The van der Waals surface area contributed by atoms with Gasteiger partial charge in [0.1, 0.15) is 0 Å². The predicted molar refractivity (Wildman–Crippen MR) is 63.1 cm³/mol. The molecule has 1 aliphatic rings. The van der Waals surface area contributed by atoms with Crippen molar-refractivity contribution >= 4 is 0 Å². The molecule has 1 fully saturated rings. The largest absolute Gasteiger partial charge is 0.368 e.